The summed E-state index contributed by atoms with van der Waals surface area (Å²) in [5.74, 6) is 1.62. The van der Waals surface area contributed by atoms with Gasteiger partial charge in [0, 0.05) is 5.75 Å². The second kappa shape index (κ2) is 4.83. The molecule has 0 radical (unpaired) electrons. The molecule has 0 aliphatic heterocycles. The summed E-state index contributed by atoms with van der Waals surface area (Å²) in [5, 5.41) is 0. The van der Waals surface area contributed by atoms with E-state index in [2.05, 4.69) is 49.8 Å². The average Bonchev–Trinajstić information content (AvgIpc) is 2.06. The van der Waals surface area contributed by atoms with Gasteiger partial charge < -0.3 is 0 Å². The maximum atomic E-state index is 4.12. The molecule has 0 aliphatic carbocycles. The Bertz CT molecular complexity index is 226. The van der Waals surface area contributed by atoms with E-state index in [9.17, 15) is 0 Å². The summed E-state index contributed by atoms with van der Waals surface area (Å²) >= 11 is 4.12. The summed E-state index contributed by atoms with van der Waals surface area (Å²) in [6.07, 6.45) is 0. The molecule has 0 unspecified atom stereocenters. The van der Waals surface area contributed by atoms with Gasteiger partial charge in [-0.15, -0.1) is 11.7 Å². The molecule has 0 saturated heterocycles. The van der Waals surface area contributed by atoms with Crippen LogP contribution in [0.25, 0.3) is 0 Å². The molecule has 0 nitrogen and oxygen atoms in total. The molecule has 12 heavy (non-hydrogen) atoms. The number of hydrogen-bond acceptors (Lipinski definition) is 2. The highest BCUT2D eigenvalue weighted by Crippen LogP contribution is 2.18. The number of thiol groups is 1. The molecule has 0 atom stereocenters. The minimum absolute atomic E-state index is 0.628. The Morgan fingerprint density at radius 1 is 1.25 bits per heavy atom. The Balaban J connectivity index is 2.71. The van der Waals surface area contributed by atoms with Gasteiger partial charge in [0.05, 0.1) is 0 Å². The summed E-state index contributed by atoms with van der Waals surface area (Å²) in [7, 11) is 1.56. The largest absolute Gasteiger partial charge is 0.111 e. The highest BCUT2D eigenvalue weighted by molar-refractivity contribution is 8.68. The quantitative estimate of drug-likeness (QED) is 0.568. The molecule has 1 aromatic carbocycles. The van der Waals surface area contributed by atoms with Crippen molar-refractivity contribution in [2.24, 2.45) is 0 Å². The third kappa shape index (κ3) is 2.76. The van der Waals surface area contributed by atoms with Gasteiger partial charge in [0.1, 0.15) is 0 Å². The summed E-state index contributed by atoms with van der Waals surface area (Å²) in [6.45, 7) is 4.42. The lowest BCUT2D eigenvalue weighted by molar-refractivity contribution is 0.866. The van der Waals surface area contributed by atoms with Gasteiger partial charge in [-0.05, 0) is 17.0 Å². The van der Waals surface area contributed by atoms with Crippen LogP contribution in [0.4, 0.5) is 0 Å². The van der Waals surface area contributed by atoms with E-state index in [1.54, 1.807) is 10.8 Å². The number of rotatable bonds is 3. The molecule has 0 aromatic heterocycles. The zero-order valence-corrected chi connectivity index (χ0v) is 9.16. The van der Waals surface area contributed by atoms with E-state index in [4.69, 9.17) is 0 Å². The smallest absolute Gasteiger partial charge is 0.0286 e. The normalized spacial score (nSPS) is 10.7. The Morgan fingerprint density at radius 3 is 2.25 bits per heavy atom. The highest BCUT2D eigenvalue weighted by atomic mass is 33.1. The first kappa shape index (κ1) is 10.0. The van der Waals surface area contributed by atoms with Crippen LogP contribution in [0.2, 0.25) is 0 Å². The van der Waals surface area contributed by atoms with Crippen molar-refractivity contribution in [3.63, 3.8) is 0 Å². The van der Waals surface area contributed by atoms with E-state index < -0.39 is 0 Å². The fraction of sp³-hybridized carbons (Fsp3) is 0.400. The second-order valence-electron chi connectivity index (χ2n) is 3.17. The van der Waals surface area contributed by atoms with Crippen LogP contribution in [0.1, 0.15) is 30.9 Å². The predicted octanol–water partition coefficient (Wildman–Crippen LogP) is 3.89. The summed E-state index contributed by atoms with van der Waals surface area (Å²) < 4.78 is 0. The lowest BCUT2D eigenvalue weighted by atomic mass is 10.0. The van der Waals surface area contributed by atoms with E-state index in [0.29, 0.717) is 5.92 Å². The van der Waals surface area contributed by atoms with Gasteiger partial charge in [-0.2, -0.15) is 0 Å². The van der Waals surface area contributed by atoms with E-state index >= 15 is 0 Å². The van der Waals surface area contributed by atoms with E-state index in [-0.39, 0.29) is 0 Å². The van der Waals surface area contributed by atoms with Gasteiger partial charge in [-0.1, -0.05) is 48.9 Å². The van der Waals surface area contributed by atoms with Crippen molar-refractivity contribution in [2.45, 2.75) is 25.5 Å². The van der Waals surface area contributed by atoms with Crippen molar-refractivity contribution in [1.29, 1.82) is 0 Å². The molecule has 0 bridgehead atoms. The third-order valence-corrected chi connectivity index (χ3v) is 2.73. The fourth-order valence-electron chi connectivity index (χ4n) is 1.07. The predicted molar refractivity (Wildman–Crippen MR) is 60.8 cm³/mol. The van der Waals surface area contributed by atoms with Crippen LogP contribution in [-0.4, -0.2) is 0 Å². The van der Waals surface area contributed by atoms with Gasteiger partial charge in [0.15, 0.2) is 0 Å². The van der Waals surface area contributed by atoms with Crippen molar-refractivity contribution >= 4 is 22.5 Å². The third-order valence-electron chi connectivity index (χ3n) is 1.88. The molecular weight excluding hydrogens is 184 g/mol. The van der Waals surface area contributed by atoms with Crippen molar-refractivity contribution < 1.29 is 0 Å². The zero-order valence-electron chi connectivity index (χ0n) is 7.45. The van der Waals surface area contributed by atoms with Crippen molar-refractivity contribution in [3.05, 3.63) is 35.4 Å². The first-order valence-corrected chi connectivity index (χ1v) is 6.13. The molecule has 0 spiro atoms. The Hall–Kier alpha value is -0.0800. The summed E-state index contributed by atoms with van der Waals surface area (Å²) in [6, 6.07) is 8.76. The van der Waals surface area contributed by atoms with Gasteiger partial charge in [-0.25, -0.2) is 0 Å². The van der Waals surface area contributed by atoms with Crippen LogP contribution in [0.5, 0.6) is 0 Å². The van der Waals surface area contributed by atoms with Crippen molar-refractivity contribution in [3.8, 4) is 0 Å². The summed E-state index contributed by atoms with van der Waals surface area (Å²) in [4.78, 5) is 0. The molecule has 0 aliphatic rings. The van der Waals surface area contributed by atoms with E-state index in [0.717, 1.165) is 5.75 Å². The van der Waals surface area contributed by atoms with E-state index in [1.807, 2.05) is 0 Å². The Morgan fingerprint density at radius 2 is 1.83 bits per heavy atom. The lowest BCUT2D eigenvalue weighted by Crippen LogP contribution is -1.87. The van der Waals surface area contributed by atoms with Crippen LogP contribution in [-0.2, 0) is 5.75 Å². The maximum Gasteiger partial charge on any atom is 0.0286 e. The topological polar surface area (TPSA) is 0 Å². The lowest BCUT2D eigenvalue weighted by Gasteiger charge is -2.05. The summed E-state index contributed by atoms with van der Waals surface area (Å²) in [5.41, 5.74) is 2.75. The molecule has 0 saturated carbocycles. The van der Waals surface area contributed by atoms with Gasteiger partial charge >= 0.3 is 0 Å². The van der Waals surface area contributed by atoms with Crippen LogP contribution in [0.3, 0.4) is 0 Å². The molecule has 0 fully saturated rings. The minimum atomic E-state index is 0.628. The Labute approximate surface area is 83.6 Å². The molecule has 1 rings (SSSR count). The molecule has 1 aromatic rings. The monoisotopic (exact) mass is 198 g/mol. The second-order valence-corrected chi connectivity index (χ2v) is 4.49. The van der Waals surface area contributed by atoms with Gasteiger partial charge in [0.2, 0.25) is 0 Å². The van der Waals surface area contributed by atoms with Gasteiger partial charge in [0.25, 0.3) is 0 Å². The first-order valence-electron chi connectivity index (χ1n) is 4.09. The van der Waals surface area contributed by atoms with Crippen LogP contribution in [0, 0.1) is 0 Å². The molecule has 0 amide bonds. The van der Waals surface area contributed by atoms with Crippen LogP contribution >= 0.6 is 22.5 Å². The Kier molecular flexibility index (Phi) is 4.02. The first-order chi connectivity index (χ1) is 5.74. The van der Waals surface area contributed by atoms with Crippen molar-refractivity contribution in [2.75, 3.05) is 0 Å². The van der Waals surface area contributed by atoms with Crippen LogP contribution < -0.4 is 0 Å². The standard InChI is InChI=1S/C10H14S2/c1-8(2)10-5-3-9(4-6-10)7-12-11/h3-6,8,11H,7H2,1-2H3. The highest BCUT2D eigenvalue weighted by Gasteiger charge is 1.97. The van der Waals surface area contributed by atoms with Crippen molar-refractivity contribution in [1.82, 2.24) is 0 Å². The molecule has 2 heteroatoms. The molecule has 0 heterocycles. The molecule has 66 valence electrons. The maximum absolute atomic E-state index is 4.12. The van der Waals surface area contributed by atoms with E-state index in [1.165, 1.54) is 11.1 Å². The SMILES string of the molecule is CC(C)c1ccc(CSS)cc1. The fourth-order valence-corrected chi connectivity index (χ4v) is 1.86. The number of hydrogen-bond donors (Lipinski definition) is 1. The minimum Gasteiger partial charge on any atom is -0.111 e. The average molecular weight is 198 g/mol. The molecular formula is C10H14S2. The zero-order chi connectivity index (χ0) is 8.97. The van der Waals surface area contributed by atoms with Crippen LogP contribution in [0.15, 0.2) is 24.3 Å². The van der Waals surface area contributed by atoms with Gasteiger partial charge in [-0.3, -0.25) is 0 Å². The number of benzene rings is 1. The molecule has 0 N–H and O–H groups in total.